The van der Waals surface area contributed by atoms with Crippen LogP contribution in [0.5, 0.6) is 5.75 Å². The van der Waals surface area contributed by atoms with E-state index in [2.05, 4.69) is 5.10 Å². The van der Waals surface area contributed by atoms with Gasteiger partial charge in [0.2, 0.25) is 0 Å². The molecule has 1 heterocycles. The van der Waals surface area contributed by atoms with Crippen LogP contribution < -0.4 is 10.4 Å². The van der Waals surface area contributed by atoms with Gasteiger partial charge in [-0.15, -0.1) is 5.10 Å². The summed E-state index contributed by atoms with van der Waals surface area (Å²) in [6, 6.07) is 19.0. The lowest BCUT2D eigenvalue weighted by Gasteiger charge is -2.25. The Morgan fingerprint density at radius 3 is 2.23 bits per heavy atom. The molecule has 204 valence electrons. The summed E-state index contributed by atoms with van der Waals surface area (Å²) < 4.78 is 47.4. The molecule has 0 amide bonds. The van der Waals surface area contributed by atoms with Crippen molar-refractivity contribution in [3.8, 4) is 17.1 Å². The van der Waals surface area contributed by atoms with Crippen molar-refractivity contribution in [3.63, 3.8) is 0 Å². The standard InChI is InChI=1S/C29H27ClF3N3O3/c1-28(2,21-5-4-6-22(15-21)29(31,32)33)16-24(37)18-36-27(38)35(17-19-7-13-25(39-3)14-8-19)26(34-36)20-9-11-23(30)12-10-20/h4-15H,16-18H2,1-3H3. The van der Waals surface area contributed by atoms with E-state index in [0.29, 0.717) is 27.7 Å². The summed E-state index contributed by atoms with van der Waals surface area (Å²) in [6.45, 7) is 3.28. The van der Waals surface area contributed by atoms with Gasteiger partial charge in [-0.05, 0) is 59.0 Å². The Bertz CT molecular complexity index is 1520. The second kappa shape index (κ2) is 11.1. The Labute approximate surface area is 228 Å². The predicted molar refractivity (Wildman–Crippen MR) is 143 cm³/mol. The second-order valence-electron chi connectivity index (χ2n) is 9.88. The number of Topliss-reactive ketones (excluding diaryl/α,β-unsaturated/α-hetero) is 1. The number of aromatic nitrogens is 3. The molecule has 3 aromatic carbocycles. The molecular weight excluding hydrogens is 531 g/mol. The highest BCUT2D eigenvalue weighted by Gasteiger charge is 2.33. The Balaban J connectivity index is 1.62. The Morgan fingerprint density at radius 1 is 0.974 bits per heavy atom. The van der Waals surface area contributed by atoms with Crippen molar-refractivity contribution in [3.05, 3.63) is 105 Å². The van der Waals surface area contributed by atoms with Gasteiger partial charge in [0.1, 0.15) is 12.3 Å². The molecule has 0 N–H and O–H groups in total. The summed E-state index contributed by atoms with van der Waals surface area (Å²) >= 11 is 6.04. The van der Waals surface area contributed by atoms with Crippen LogP contribution in [0.15, 0.2) is 77.6 Å². The SMILES string of the molecule is COc1ccc(Cn2c(-c3ccc(Cl)cc3)nn(CC(=O)CC(C)(C)c3cccc(C(F)(F)F)c3)c2=O)cc1. The van der Waals surface area contributed by atoms with Gasteiger partial charge in [-0.2, -0.15) is 13.2 Å². The first-order valence-corrected chi connectivity index (χ1v) is 12.5. The fourth-order valence-electron chi connectivity index (χ4n) is 4.35. The molecule has 0 fully saturated rings. The smallest absolute Gasteiger partial charge is 0.416 e. The maximum Gasteiger partial charge on any atom is 0.416 e. The third kappa shape index (κ3) is 6.60. The average Bonchev–Trinajstić information content (AvgIpc) is 3.18. The molecule has 0 aliphatic carbocycles. The number of ketones is 1. The second-order valence-corrected chi connectivity index (χ2v) is 10.3. The van der Waals surface area contributed by atoms with Crippen LogP contribution in [0, 0.1) is 0 Å². The number of nitrogens with zero attached hydrogens (tertiary/aromatic N) is 3. The van der Waals surface area contributed by atoms with Crippen LogP contribution in [0.4, 0.5) is 13.2 Å². The Kier molecular flexibility index (Phi) is 8.02. The summed E-state index contributed by atoms with van der Waals surface area (Å²) in [5.74, 6) is 0.697. The number of rotatable bonds is 9. The number of ether oxygens (including phenoxy) is 1. The molecule has 0 aliphatic heterocycles. The van der Waals surface area contributed by atoms with Crippen molar-refractivity contribution in [2.75, 3.05) is 7.11 Å². The third-order valence-electron chi connectivity index (χ3n) is 6.46. The van der Waals surface area contributed by atoms with Crippen molar-refractivity contribution in [2.45, 2.75) is 44.9 Å². The molecule has 4 aromatic rings. The highest BCUT2D eigenvalue weighted by Crippen LogP contribution is 2.34. The third-order valence-corrected chi connectivity index (χ3v) is 6.71. The van der Waals surface area contributed by atoms with Crippen LogP contribution >= 0.6 is 11.6 Å². The monoisotopic (exact) mass is 557 g/mol. The highest BCUT2D eigenvalue weighted by molar-refractivity contribution is 6.30. The Hall–Kier alpha value is -3.85. The molecule has 0 aliphatic rings. The van der Waals surface area contributed by atoms with Crippen molar-refractivity contribution in [1.29, 1.82) is 0 Å². The van der Waals surface area contributed by atoms with Crippen LogP contribution in [0.3, 0.4) is 0 Å². The predicted octanol–water partition coefficient (Wildman–Crippen LogP) is 6.38. The van der Waals surface area contributed by atoms with Crippen LogP contribution in [-0.4, -0.2) is 27.2 Å². The maximum atomic E-state index is 13.4. The zero-order valence-electron chi connectivity index (χ0n) is 21.6. The molecule has 0 saturated carbocycles. The molecule has 1 aromatic heterocycles. The largest absolute Gasteiger partial charge is 0.497 e. The molecule has 39 heavy (non-hydrogen) atoms. The van der Waals surface area contributed by atoms with Gasteiger partial charge in [0.25, 0.3) is 0 Å². The minimum absolute atomic E-state index is 0.0810. The summed E-state index contributed by atoms with van der Waals surface area (Å²) in [4.78, 5) is 26.5. The van der Waals surface area contributed by atoms with Crippen LogP contribution in [0.1, 0.15) is 37.0 Å². The number of benzene rings is 3. The van der Waals surface area contributed by atoms with Crippen molar-refractivity contribution in [2.24, 2.45) is 0 Å². The van der Waals surface area contributed by atoms with Crippen LogP contribution in [-0.2, 0) is 29.5 Å². The van der Waals surface area contributed by atoms with E-state index >= 15 is 0 Å². The lowest BCUT2D eigenvalue weighted by atomic mass is 9.79. The first-order valence-electron chi connectivity index (χ1n) is 12.1. The minimum Gasteiger partial charge on any atom is -0.497 e. The first-order chi connectivity index (χ1) is 18.4. The van der Waals surface area contributed by atoms with Crippen LogP contribution in [0.25, 0.3) is 11.4 Å². The topological polar surface area (TPSA) is 66.1 Å². The van der Waals surface area contributed by atoms with E-state index in [4.69, 9.17) is 16.3 Å². The number of carbonyl (C=O) groups is 1. The molecule has 0 radical (unpaired) electrons. The lowest BCUT2D eigenvalue weighted by Crippen LogP contribution is -2.31. The number of hydrogen-bond donors (Lipinski definition) is 0. The average molecular weight is 558 g/mol. The van der Waals surface area contributed by atoms with Gasteiger partial charge in [0, 0.05) is 17.0 Å². The number of alkyl halides is 3. The normalized spacial score (nSPS) is 12.0. The molecule has 0 bridgehead atoms. The van der Waals surface area contributed by atoms with E-state index < -0.39 is 22.8 Å². The van der Waals surface area contributed by atoms with Crippen molar-refractivity contribution < 1.29 is 22.7 Å². The van der Waals surface area contributed by atoms with Gasteiger partial charge in [-0.25, -0.2) is 9.48 Å². The van der Waals surface area contributed by atoms with Crippen molar-refractivity contribution >= 4 is 17.4 Å². The molecule has 4 rings (SSSR count). The van der Waals surface area contributed by atoms with Crippen molar-refractivity contribution in [1.82, 2.24) is 14.3 Å². The fraction of sp³-hybridized carbons (Fsp3) is 0.276. The minimum atomic E-state index is -4.49. The van der Waals surface area contributed by atoms with Gasteiger partial charge in [0.15, 0.2) is 11.6 Å². The van der Waals surface area contributed by atoms with Gasteiger partial charge in [-0.3, -0.25) is 9.36 Å². The van der Waals surface area contributed by atoms with E-state index in [1.807, 2.05) is 12.1 Å². The molecule has 6 nitrogen and oxygen atoms in total. The molecule has 0 atom stereocenters. The quantitative estimate of drug-likeness (QED) is 0.240. The summed E-state index contributed by atoms with van der Waals surface area (Å²) in [6.07, 6.45) is -4.57. The van der Waals surface area contributed by atoms with Gasteiger partial charge in [-0.1, -0.05) is 55.8 Å². The summed E-state index contributed by atoms with van der Waals surface area (Å²) in [5.41, 5.74) is -0.315. The van der Waals surface area contributed by atoms with E-state index in [1.54, 1.807) is 63.4 Å². The highest BCUT2D eigenvalue weighted by atomic mass is 35.5. The fourth-order valence-corrected chi connectivity index (χ4v) is 4.47. The summed E-state index contributed by atoms with van der Waals surface area (Å²) in [7, 11) is 1.56. The summed E-state index contributed by atoms with van der Waals surface area (Å²) in [5, 5.41) is 4.98. The molecule has 0 spiro atoms. The maximum absolute atomic E-state index is 13.4. The zero-order chi connectivity index (χ0) is 28.4. The lowest BCUT2D eigenvalue weighted by molar-refractivity contribution is -0.137. The molecular formula is C29H27ClF3N3O3. The van der Waals surface area contributed by atoms with Gasteiger partial charge < -0.3 is 4.74 Å². The number of hydrogen-bond acceptors (Lipinski definition) is 4. The Morgan fingerprint density at radius 2 is 1.62 bits per heavy atom. The van der Waals surface area contributed by atoms with Crippen LogP contribution in [0.2, 0.25) is 5.02 Å². The number of halogens is 4. The number of carbonyl (C=O) groups excluding carboxylic acids is 1. The zero-order valence-corrected chi connectivity index (χ0v) is 22.4. The molecule has 10 heteroatoms. The van der Waals surface area contributed by atoms with E-state index in [9.17, 15) is 22.8 Å². The first kappa shape index (κ1) is 28.2. The van der Waals surface area contributed by atoms with Gasteiger partial charge in [0.05, 0.1) is 19.2 Å². The molecule has 0 unspecified atom stereocenters. The van der Waals surface area contributed by atoms with E-state index in [1.165, 1.54) is 10.6 Å². The van der Waals surface area contributed by atoms with E-state index in [0.717, 1.165) is 22.4 Å². The molecule has 0 saturated heterocycles. The number of methoxy groups -OCH3 is 1. The van der Waals surface area contributed by atoms with E-state index in [-0.39, 0.29) is 25.3 Å². The van der Waals surface area contributed by atoms with Gasteiger partial charge >= 0.3 is 11.9 Å².